The van der Waals surface area contributed by atoms with E-state index in [-0.39, 0.29) is 30.7 Å². The maximum absolute atomic E-state index is 12.2. The Bertz CT molecular complexity index is 627. The van der Waals surface area contributed by atoms with Crippen LogP contribution in [0.1, 0.15) is 24.0 Å². The number of aryl methyl sites for hydroxylation is 1. The van der Waals surface area contributed by atoms with Crippen molar-refractivity contribution in [3.63, 3.8) is 0 Å². The molecule has 0 saturated heterocycles. The van der Waals surface area contributed by atoms with Gasteiger partial charge in [0, 0.05) is 18.9 Å². The van der Waals surface area contributed by atoms with Gasteiger partial charge >= 0.3 is 0 Å². The standard InChI is InChI=1S/C15H16N2O3.ClH/c1-2-17-8-7-16-15(17)12(18)9-11-10-19-13-5-3-4-6-14(13)20-11;/h3-8,11H,2,9-10H2,1H3;1H. The van der Waals surface area contributed by atoms with Gasteiger partial charge in [-0.2, -0.15) is 0 Å². The van der Waals surface area contributed by atoms with Gasteiger partial charge in [-0.3, -0.25) is 4.79 Å². The van der Waals surface area contributed by atoms with E-state index in [2.05, 4.69) is 4.98 Å². The number of rotatable bonds is 4. The first-order chi connectivity index (χ1) is 9.78. The summed E-state index contributed by atoms with van der Waals surface area (Å²) in [7, 11) is 0. The summed E-state index contributed by atoms with van der Waals surface area (Å²) in [6.45, 7) is 3.09. The van der Waals surface area contributed by atoms with Gasteiger partial charge in [0.15, 0.2) is 17.3 Å². The molecule has 0 fully saturated rings. The topological polar surface area (TPSA) is 53.4 Å². The maximum Gasteiger partial charge on any atom is 0.202 e. The first-order valence-electron chi connectivity index (χ1n) is 6.70. The number of ether oxygens (including phenoxy) is 2. The van der Waals surface area contributed by atoms with E-state index in [0.29, 0.717) is 18.2 Å². The number of Topliss-reactive ketones (excluding diaryl/α,β-unsaturated/α-hetero) is 1. The molecule has 1 atom stereocenters. The van der Waals surface area contributed by atoms with E-state index >= 15 is 0 Å². The molecule has 21 heavy (non-hydrogen) atoms. The van der Waals surface area contributed by atoms with Crippen molar-refractivity contribution in [1.82, 2.24) is 9.55 Å². The molecule has 0 spiro atoms. The van der Waals surface area contributed by atoms with Gasteiger partial charge in [-0.25, -0.2) is 4.98 Å². The number of halogens is 1. The summed E-state index contributed by atoms with van der Waals surface area (Å²) < 4.78 is 13.2. The Morgan fingerprint density at radius 2 is 2.14 bits per heavy atom. The number of nitrogens with zero attached hydrogens (tertiary/aromatic N) is 2. The SMILES string of the molecule is CCn1ccnc1C(=O)CC1COc2ccccc2O1.Cl. The molecule has 6 heteroatoms. The molecule has 1 aliphatic heterocycles. The number of ketones is 1. The highest BCUT2D eigenvalue weighted by atomic mass is 35.5. The van der Waals surface area contributed by atoms with Gasteiger partial charge in [-0.1, -0.05) is 12.1 Å². The molecule has 0 amide bonds. The largest absolute Gasteiger partial charge is 0.486 e. The van der Waals surface area contributed by atoms with Crippen LogP contribution in [0.2, 0.25) is 0 Å². The lowest BCUT2D eigenvalue weighted by atomic mass is 10.1. The van der Waals surface area contributed by atoms with Gasteiger partial charge in [0.25, 0.3) is 0 Å². The average molecular weight is 309 g/mol. The Morgan fingerprint density at radius 3 is 2.90 bits per heavy atom. The second kappa shape index (κ2) is 6.63. The number of hydrogen-bond acceptors (Lipinski definition) is 4. The van der Waals surface area contributed by atoms with E-state index in [9.17, 15) is 4.79 Å². The molecule has 2 aromatic rings. The monoisotopic (exact) mass is 308 g/mol. The van der Waals surface area contributed by atoms with Gasteiger partial charge in [-0.05, 0) is 19.1 Å². The third kappa shape index (κ3) is 3.19. The minimum atomic E-state index is -0.264. The normalized spacial score (nSPS) is 16.1. The van der Waals surface area contributed by atoms with Crippen molar-refractivity contribution in [3.05, 3.63) is 42.5 Å². The summed E-state index contributed by atoms with van der Waals surface area (Å²) in [4.78, 5) is 16.4. The molecule has 3 rings (SSSR count). The molecule has 1 aromatic heterocycles. The number of carbonyl (C=O) groups excluding carboxylic acids is 1. The summed E-state index contributed by atoms with van der Waals surface area (Å²) in [5.41, 5.74) is 0. The van der Waals surface area contributed by atoms with Gasteiger partial charge in [0.05, 0.1) is 6.42 Å². The number of benzene rings is 1. The Morgan fingerprint density at radius 1 is 1.38 bits per heavy atom. The third-order valence-electron chi connectivity index (χ3n) is 3.29. The van der Waals surface area contributed by atoms with E-state index in [4.69, 9.17) is 9.47 Å². The van der Waals surface area contributed by atoms with Crippen LogP contribution in [0.4, 0.5) is 0 Å². The van der Waals surface area contributed by atoms with Gasteiger partial charge in [0.1, 0.15) is 12.7 Å². The van der Waals surface area contributed by atoms with Crippen LogP contribution in [0.3, 0.4) is 0 Å². The zero-order chi connectivity index (χ0) is 13.9. The molecule has 0 N–H and O–H groups in total. The second-order valence-electron chi connectivity index (χ2n) is 4.66. The van der Waals surface area contributed by atoms with Crippen molar-refractivity contribution in [1.29, 1.82) is 0 Å². The van der Waals surface area contributed by atoms with Gasteiger partial charge in [-0.15, -0.1) is 12.4 Å². The smallest absolute Gasteiger partial charge is 0.202 e. The fourth-order valence-electron chi connectivity index (χ4n) is 2.28. The molecule has 5 nitrogen and oxygen atoms in total. The van der Waals surface area contributed by atoms with Crippen LogP contribution in [0.15, 0.2) is 36.7 Å². The second-order valence-corrected chi connectivity index (χ2v) is 4.66. The van der Waals surface area contributed by atoms with Crippen LogP contribution in [0.5, 0.6) is 11.5 Å². The summed E-state index contributed by atoms with van der Waals surface area (Å²) in [5.74, 6) is 1.88. The molecule has 1 aromatic carbocycles. The van der Waals surface area contributed by atoms with E-state index in [1.165, 1.54) is 0 Å². The van der Waals surface area contributed by atoms with Crippen LogP contribution < -0.4 is 9.47 Å². The van der Waals surface area contributed by atoms with Gasteiger partial charge < -0.3 is 14.0 Å². The number of fused-ring (bicyclic) bond motifs is 1. The van der Waals surface area contributed by atoms with E-state index < -0.39 is 0 Å². The molecule has 0 radical (unpaired) electrons. The highest BCUT2D eigenvalue weighted by molar-refractivity contribution is 5.93. The van der Waals surface area contributed by atoms with E-state index in [1.54, 1.807) is 12.4 Å². The first kappa shape index (κ1) is 15.4. The molecule has 0 bridgehead atoms. The third-order valence-corrected chi connectivity index (χ3v) is 3.29. The lowest BCUT2D eigenvalue weighted by molar-refractivity contribution is 0.0685. The molecule has 0 aliphatic carbocycles. The summed E-state index contributed by atoms with van der Waals surface area (Å²) >= 11 is 0. The number of hydrogen-bond donors (Lipinski definition) is 0. The van der Waals surface area contributed by atoms with Crippen LogP contribution in [-0.4, -0.2) is 28.0 Å². The molecular formula is C15H17ClN2O3. The average Bonchev–Trinajstić information content (AvgIpc) is 2.95. The highest BCUT2D eigenvalue weighted by Gasteiger charge is 2.25. The number of imidazole rings is 1. The summed E-state index contributed by atoms with van der Waals surface area (Å²) in [6.07, 6.45) is 3.45. The molecular weight excluding hydrogens is 292 g/mol. The predicted octanol–water partition coefficient (Wildman–Crippen LogP) is 2.74. The van der Waals surface area contributed by atoms with Crippen molar-refractivity contribution in [3.8, 4) is 11.5 Å². The fraction of sp³-hybridized carbons (Fsp3) is 0.333. The molecule has 2 heterocycles. The summed E-state index contributed by atoms with van der Waals surface area (Å²) in [6, 6.07) is 7.48. The van der Waals surface area contributed by atoms with E-state index in [0.717, 1.165) is 12.3 Å². The van der Waals surface area contributed by atoms with Crippen LogP contribution in [-0.2, 0) is 6.54 Å². The number of carbonyl (C=O) groups is 1. The number of para-hydroxylation sites is 2. The Kier molecular flexibility index (Phi) is 4.85. The zero-order valence-corrected chi connectivity index (χ0v) is 12.5. The Hall–Kier alpha value is -2.01. The van der Waals surface area contributed by atoms with Crippen molar-refractivity contribution < 1.29 is 14.3 Å². The number of aromatic nitrogens is 2. The molecule has 112 valence electrons. The minimum Gasteiger partial charge on any atom is -0.486 e. The highest BCUT2D eigenvalue weighted by Crippen LogP contribution is 2.31. The van der Waals surface area contributed by atoms with Crippen molar-refractivity contribution >= 4 is 18.2 Å². The molecule has 1 unspecified atom stereocenters. The van der Waals surface area contributed by atoms with E-state index in [1.807, 2.05) is 35.8 Å². The van der Waals surface area contributed by atoms with Crippen molar-refractivity contribution in [2.24, 2.45) is 0 Å². The van der Waals surface area contributed by atoms with Crippen molar-refractivity contribution in [2.75, 3.05) is 6.61 Å². The van der Waals surface area contributed by atoms with Crippen LogP contribution >= 0.6 is 12.4 Å². The fourth-order valence-corrected chi connectivity index (χ4v) is 2.28. The zero-order valence-electron chi connectivity index (χ0n) is 11.7. The van der Waals surface area contributed by atoms with Crippen molar-refractivity contribution in [2.45, 2.75) is 26.0 Å². The first-order valence-corrected chi connectivity index (χ1v) is 6.70. The van der Waals surface area contributed by atoms with Gasteiger partial charge in [0.2, 0.25) is 5.78 Å². The van der Waals surface area contributed by atoms with Crippen LogP contribution in [0, 0.1) is 0 Å². The summed E-state index contributed by atoms with van der Waals surface area (Å²) in [5, 5.41) is 0. The predicted molar refractivity (Wildman–Crippen MR) is 80.4 cm³/mol. The Labute approximate surface area is 129 Å². The lowest BCUT2D eigenvalue weighted by Crippen LogP contribution is -2.32. The molecule has 1 aliphatic rings. The minimum absolute atomic E-state index is 0. The maximum atomic E-state index is 12.2. The quantitative estimate of drug-likeness (QED) is 0.815. The Balaban J connectivity index is 0.00000161. The van der Waals surface area contributed by atoms with Crippen LogP contribution in [0.25, 0.3) is 0 Å². The molecule has 0 saturated carbocycles. The lowest BCUT2D eigenvalue weighted by Gasteiger charge is -2.25.